The lowest BCUT2D eigenvalue weighted by Crippen LogP contribution is -2.40. The Morgan fingerprint density at radius 2 is 1.87 bits per heavy atom. The fraction of sp³-hybridized carbons (Fsp3) is 0.588. The standard InChI is InChI=1S/C17H26N2O3S/c1-17(2,3)22-16(20)18-13-14-9-11-19(12-10-14)23(21)15-7-5-4-6-8-15/h4-8,14H,9-13H2,1-3H3,(H,18,20). The molecule has 23 heavy (non-hydrogen) atoms. The van der Waals surface area contributed by atoms with Crippen molar-refractivity contribution in [3.8, 4) is 0 Å². The Labute approximate surface area is 141 Å². The molecule has 1 saturated heterocycles. The van der Waals surface area contributed by atoms with Gasteiger partial charge >= 0.3 is 6.09 Å². The van der Waals surface area contributed by atoms with Gasteiger partial charge in [0.15, 0.2) is 0 Å². The van der Waals surface area contributed by atoms with Gasteiger partial charge in [0.25, 0.3) is 0 Å². The first-order valence-electron chi connectivity index (χ1n) is 8.04. The minimum atomic E-state index is -1.09. The molecule has 1 N–H and O–H groups in total. The summed E-state index contributed by atoms with van der Waals surface area (Å²) in [6, 6.07) is 9.53. The summed E-state index contributed by atoms with van der Waals surface area (Å²) in [5, 5.41) is 2.83. The molecule has 0 aromatic heterocycles. The molecule has 1 aliphatic heterocycles. The van der Waals surface area contributed by atoms with Crippen LogP contribution in [0.1, 0.15) is 33.6 Å². The quantitative estimate of drug-likeness (QED) is 0.918. The Morgan fingerprint density at radius 3 is 2.43 bits per heavy atom. The van der Waals surface area contributed by atoms with Crippen molar-refractivity contribution < 1.29 is 13.7 Å². The molecular formula is C17H26N2O3S. The molecule has 1 amide bonds. The van der Waals surface area contributed by atoms with E-state index >= 15 is 0 Å². The molecule has 0 aliphatic carbocycles. The van der Waals surface area contributed by atoms with Gasteiger partial charge in [-0.2, -0.15) is 0 Å². The minimum absolute atomic E-state index is 0.368. The highest BCUT2D eigenvalue weighted by Crippen LogP contribution is 2.21. The van der Waals surface area contributed by atoms with Gasteiger partial charge in [0, 0.05) is 19.6 Å². The molecular weight excluding hydrogens is 312 g/mol. The van der Waals surface area contributed by atoms with E-state index in [1.54, 1.807) is 0 Å². The number of piperidine rings is 1. The summed E-state index contributed by atoms with van der Waals surface area (Å²) >= 11 is 0. The van der Waals surface area contributed by atoms with Crippen LogP contribution in [-0.4, -0.2) is 39.8 Å². The van der Waals surface area contributed by atoms with Crippen LogP contribution >= 0.6 is 0 Å². The molecule has 1 aliphatic rings. The van der Waals surface area contributed by atoms with Crippen LogP contribution in [0, 0.1) is 5.92 Å². The molecule has 0 saturated carbocycles. The van der Waals surface area contributed by atoms with E-state index in [-0.39, 0.29) is 6.09 Å². The van der Waals surface area contributed by atoms with Crippen LogP contribution in [0.5, 0.6) is 0 Å². The number of hydrogen-bond donors (Lipinski definition) is 1. The Kier molecular flexibility index (Phi) is 6.18. The topological polar surface area (TPSA) is 58.6 Å². The summed E-state index contributed by atoms with van der Waals surface area (Å²) in [6.07, 6.45) is 1.48. The van der Waals surface area contributed by atoms with Crippen molar-refractivity contribution in [1.82, 2.24) is 9.62 Å². The molecule has 1 unspecified atom stereocenters. The number of nitrogens with zero attached hydrogens (tertiary/aromatic N) is 1. The van der Waals surface area contributed by atoms with Crippen molar-refractivity contribution in [2.24, 2.45) is 5.92 Å². The predicted octanol–water partition coefficient (Wildman–Crippen LogP) is 2.95. The number of hydrogen-bond acceptors (Lipinski definition) is 3. The van der Waals surface area contributed by atoms with Crippen molar-refractivity contribution in [3.63, 3.8) is 0 Å². The summed E-state index contributed by atoms with van der Waals surface area (Å²) in [6.45, 7) is 7.73. The van der Waals surface area contributed by atoms with Gasteiger partial charge in [0.05, 0.1) is 4.90 Å². The highest BCUT2D eigenvalue weighted by atomic mass is 32.2. The SMILES string of the molecule is CC(C)(C)OC(=O)NCC1CCN(S(=O)c2ccccc2)CC1. The van der Waals surface area contributed by atoms with Crippen molar-refractivity contribution in [1.29, 1.82) is 0 Å². The summed E-state index contributed by atoms with van der Waals surface area (Å²) in [5.74, 6) is 0.409. The van der Waals surface area contributed by atoms with Crippen molar-refractivity contribution >= 4 is 17.1 Å². The van der Waals surface area contributed by atoms with Crippen LogP contribution in [0.2, 0.25) is 0 Å². The molecule has 5 nitrogen and oxygen atoms in total. The first-order valence-corrected chi connectivity index (χ1v) is 9.14. The third-order valence-electron chi connectivity index (χ3n) is 3.69. The van der Waals surface area contributed by atoms with Crippen LogP contribution in [0.4, 0.5) is 4.79 Å². The maximum absolute atomic E-state index is 12.5. The van der Waals surface area contributed by atoms with Gasteiger partial charge in [-0.15, -0.1) is 0 Å². The Bertz CT molecular complexity index is 535. The van der Waals surface area contributed by atoms with E-state index in [0.29, 0.717) is 12.5 Å². The second-order valence-electron chi connectivity index (χ2n) is 6.82. The first kappa shape index (κ1) is 17.9. The van der Waals surface area contributed by atoms with Gasteiger partial charge in [-0.05, 0) is 51.7 Å². The van der Waals surface area contributed by atoms with Crippen LogP contribution in [-0.2, 0) is 15.7 Å². The fourth-order valence-electron chi connectivity index (χ4n) is 2.51. The number of ether oxygens (including phenoxy) is 1. The average molecular weight is 338 g/mol. The Morgan fingerprint density at radius 1 is 1.26 bits per heavy atom. The maximum atomic E-state index is 12.5. The van der Waals surface area contributed by atoms with Crippen LogP contribution in [0.25, 0.3) is 0 Å². The lowest BCUT2D eigenvalue weighted by molar-refractivity contribution is 0.0514. The second-order valence-corrected chi connectivity index (χ2v) is 8.30. The Balaban J connectivity index is 1.74. The number of alkyl carbamates (subject to hydrolysis) is 1. The predicted molar refractivity (Wildman–Crippen MR) is 91.4 cm³/mol. The molecule has 0 radical (unpaired) electrons. The number of benzene rings is 1. The third-order valence-corrected chi connectivity index (χ3v) is 5.20. The van der Waals surface area contributed by atoms with Gasteiger partial charge < -0.3 is 10.1 Å². The van der Waals surface area contributed by atoms with Crippen molar-refractivity contribution in [2.75, 3.05) is 19.6 Å². The minimum Gasteiger partial charge on any atom is -0.444 e. The summed E-state index contributed by atoms with van der Waals surface area (Å²) in [5.41, 5.74) is -0.472. The average Bonchev–Trinajstić information content (AvgIpc) is 2.52. The van der Waals surface area contributed by atoms with E-state index < -0.39 is 16.6 Å². The zero-order valence-electron chi connectivity index (χ0n) is 14.1. The molecule has 1 heterocycles. The molecule has 1 aromatic carbocycles. The third kappa shape index (κ3) is 5.95. The summed E-state index contributed by atoms with van der Waals surface area (Å²) in [7, 11) is -1.09. The maximum Gasteiger partial charge on any atom is 0.407 e. The number of amides is 1. The number of nitrogens with one attached hydrogen (secondary N) is 1. The summed E-state index contributed by atoms with van der Waals surface area (Å²) < 4.78 is 19.7. The zero-order valence-corrected chi connectivity index (χ0v) is 14.9. The molecule has 6 heteroatoms. The van der Waals surface area contributed by atoms with E-state index in [0.717, 1.165) is 30.8 Å². The van der Waals surface area contributed by atoms with Gasteiger partial charge in [0.1, 0.15) is 16.6 Å². The number of carbonyl (C=O) groups excluding carboxylic acids is 1. The molecule has 1 fully saturated rings. The van der Waals surface area contributed by atoms with Crippen LogP contribution in [0.3, 0.4) is 0 Å². The Hall–Kier alpha value is -1.40. The molecule has 1 aromatic rings. The first-order chi connectivity index (χ1) is 10.8. The van der Waals surface area contributed by atoms with E-state index in [9.17, 15) is 9.00 Å². The number of rotatable bonds is 4. The zero-order chi connectivity index (χ0) is 16.9. The highest BCUT2D eigenvalue weighted by Gasteiger charge is 2.24. The molecule has 2 rings (SSSR count). The van der Waals surface area contributed by atoms with Crippen LogP contribution < -0.4 is 5.32 Å². The lowest BCUT2D eigenvalue weighted by atomic mass is 9.98. The second kappa shape index (κ2) is 7.93. The van der Waals surface area contributed by atoms with Gasteiger partial charge in [-0.1, -0.05) is 18.2 Å². The molecule has 1 atom stereocenters. The normalized spacial score (nSPS) is 18.4. The van der Waals surface area contributed by atoms with Gasteiger partial charge in [0.2, 0.25) is 0 Å². The number of carbonyl (C=O) groups is 1. The van der Waals surface area contributed by atoms with E-state index in [1.165, 1.54) is 0 Å². The van der Waals surface area contributed by atoms with E-state index in [4.69, 9.17) is 4.74 Å². The molecule has 0 spiro atoms. The van der Waals surface area contributed by atoms with E-state index in [1.807, 2.05) is 55.4 Å². The van der Waals surface area contributed by atoms with E-state index in [2.05, 4.69) is 5.32 Å². The largest absolute Gasteiger partial charge is 0.444 e. The van der Waals surface area contributed by atoms with Crippen LogP contribution in [0.15, 0.2) is 35.2 Å². The molecule has 0 bridgehead atoms. The molecule has 128 valence electrons. The summed E-state index contributed by atoms with van der Waals surface area (Å²) in [4.78, 5) is 12.5. The van der Waals surface area contributed by atoms with Gasteiger partial charge in [-0.3, -0.25) is 0 Å². The van der Waals surface area contributed by atoms with Gasteiger partial charge in [-0.25, -0.2) is 13.3 Å². The fourth-order valence-corrected chi connectivity index (χ4v) is 3.74. The van der Waals surface area contributed by atoms with Crippen molar-refractivity contribution in [3.05, 3.63) is 30.3 Å². The van der Waals surface area contributed by atoms with Crippen molar-refractivity contribution in [2.45, 2.75) is 44.1 Å². The lowest BCUT2D eigenvalue weighted by Gasteiger charge is -2.31. The smallest absolute Gasteiger partial charge is 0.407 e. The highest BCUT2D eigenvalue weighted by molar-refractivity contribution is 7.82. The monoisotopic (exact) mass is 338 g/mol.